The van der Waals surface area contributed by atoms with Crippen LogP contribution in [0.25, 0.3) is 0 Å². The van der Waals surface area contributed by atoms with E-state index >= 15 is 0 Å². The predicted octanol–water partition coefficient (Wildman–Crippen LogP) is 2.36. The van der Waals surface area contributed by atoms with E-state index in [1.165, 1.54) is 17.8 Å². The standard InChI is InChI=1S/C11H11FN4S/c1-7-14-10(16-13)6-11(15-7)17-9-5-3-2-4-8(9)12/h2-6H,13H2,1H3,(H,14,15,16). The quantitative estimate of drug-likeness (QED) is 0.497. The molecule has 17 heavy (non-hydrogen) atoms. The molecule has 2 aromatic rings. The maximum absolute atomic E-state index is 13.5. The molecule has 2 rings (SSSR count). The Hall–Kier alpha value is -1.66. The summed E-state index contributed by atoms with van der Waals surface area (Å²) in [6.07, 6.45) is 0. The van der Waals surface area contributed by atoms with Crippen molar-refractivity contribution < 1.29 is 4.39 Å². The molecule has 88 valence electrons. The van der Waals surface area contributed by atoms with E-state index in [-0.39, 0.29) is 5.82 Å². The molecule has 0 unspecified atom stereocenters. The number of aromatic nitrogens is 2. The van der Waals surface area contributed by atoms with Crippen molar-refractivity contribution in [3.05, 3.63) is 42.0 Å². The number of aryl methyl sites for hydroxylation is 1. The molecule has 0 saturated heterocycles. The fourth-order valence-electron chi connectivity index (χ4n) is 1.31. The van der Waals surface area contributed by atoms with Crippen LogP contribution in [-0.2, 0) is 0 Å². The van der Waals surface area contributed by atoms with Gasteiger partial charge in [0.25, 0.3) is 0 Å². The van der Waals surface area contributed by atoms with Crippen LogP contribution < -0.4 is 11.3 Å². The van der Waals surface area contributed by atoms with Gasteiger partial charge in [0.05, 0.1) is 0 Å². The minimum atomic E-state index is -0.268. The normalized spacial score (nSPS) is 10.3. The van der Waals surface area contributed by atoms with Gasteiger partial charge in [-0.15, -0.1) is 0 Å². The third-order valence-corrected chi connectivity index (χ3v) is 2.98. The summed E-state index contributed by atoms with van der Waals surface area (Å²) >= 11 is 1.24. The van der Waals surface area contributed by atoms with Crippen molar-refractivity contribution in [2.24, 2.45) is 5.84 Å². The highest BCUT2D eigenvalue weighted by Gasteiger charge is 2.06. The van der Waals surface area contributed by atoms with E-state index in [9.17, 15) is 4.39 Å². The lowest BCUT2D eigenvalue weighted by atomic mass is 10.3. The van der Waals surface area contributed by atoms with Crippen molar-refractivity contribution in [1.82, 2.24) is 9.97 Å². The summed E-state index contributed by atoms with van der Waals surface area (Å²) in [5.74, 6) is 6.11. The Labute approximate surface area is 102 Å². The lowest BCUT2D eigenvalue weighted by Gasteiger charge is -2.05. The Bertz CT molecular complexity index is 533. The van der Waals surface area contributed by atoms with Gasteiger partial charge in [-0.2, -0.15) is 0 Å². The Morgan fingerprint density at radius 2 is 2.06 bits per heavy atom. The van der Waals surface area contributed by atoms with Gasteiger partial charge in [0.2, 0.25) is 0 Å². The molecule has 0 aliphatic heterocycles. The number of hydrogen-bond acceptors (Lipinski definition) is 5. The molecule has 0 spiro atoms. The number of hydrazine groups is 1. The minimum Gasteiger partial charge on any atom is -0.308 e. The smallest absolute Gasteiger partial charge is 0.144 e. The molecule has 0 amide bonds. The topological polar surface area (TPSA) is 63.8 Å². The van der Waals surface area contributed by atoms with Gasteiger partial charge in [0.15, 0.2) is 0 Å². The van der Waals surface area contributed by atoms with Crippen LogP contribution in [0.15, 0.2) is 40.3 Å². The predicted molar refractivity (Wildman–Crippen MR) is 65.1 cm³/mol. The maximum atomic E-state index is 13.5. The third kappa shape index (κ3) is 2.92. The molecule has 4 nitrogen and oxygen atoms in total. The second kappa shape index (κ2) is 5.11. The highest BCUT2D eigenvalue weighted by Crippen LogP contribution is 2.29. The van der Waals surface area contributed by atoms with Crippen LogP contribution in [-0.4, -0.2) is 9.97 Å². The van der Waals surface area contributed by atoms with E-state index in [2.05, 4.69) is 15.4 Å². The zero-order valence-electron chi connectivity index (χ0n) is 9.14. The lowest BCUT2D eigenvalue weighted by Crippen LogP contribution is -2.09. The molecule has 1 aromatic carbocycles. The van der Waals surface area contributed by atoms with Crippen LogP contribution in [0.1, 0.15) is 5.82 Å². The second-order valence-corrected chi connectivity index (χ2v) is 4.38. The van der Waals surface area contributed by atoms with Crippen LogP contribution in [0.3, 0.4) is 0 Å². The fourth-order valence-corrected chi connectivity index (χ4v) is 2.19. The monoisotopic (exact) mass is 250 g/mol. The summed E-state index contributed by atoms with van der Waals surface area (Å²) in [6, 6.07) is 8.22. The molecule has 0 radical (unpaired) electrons. The van der Waals surface area contributed by atoms with Crippen molar-refractivity contribution in [1.29, 1.82) is 0 Å². The molecule has 0 fully saturated rings. The molecule has 6 heteroatoms. The van der Waals surface area contributed by atoms with Gasteiger partial charge >= 0.3 is 0 Å². The summed E-state index contributed by atoms with van der Waals surface area (Å²) in [6.45, 7) is 1.76. The average molecular weight is 250 g/mol. The largest absolute Gasteiger partial charge is 0.308 e. The molecule has 3 N–H and O–H groups in total. The number of halogens is 1. The number of nitrogens with zero attached hydrogens (tertiary/aromatic N) is 2. The van der Waals surface area contributed by atoms with Crippen LogP contribution in [0.2, 0.25) is 0 Å². The van der Waals surface area contributed by atoms with Gasteiger partial charge < -0.3 is 5.43 Å². The molecule has 0 saturated carbocycles. The Kier molecular flexibility index (Phi) is 3.55. The number of benzene rings is 1. The molecule has 0 bridgehead atoms. The molecule has 1 aromatic heterocycles. The molecule has 1 heterocycles. The first-order chi connectivity index (χ1) is 8.19. The van der Waals surface area contributed by atoms with Crippen molar-refractivity contribution >= 4 is 17.6 Å². The summed E-state index contributed by atoms with van der Waals surface area (Å²) in [5, 5.41) is 0.649. The Balaban J connectivity index is 2.30. The number of nitrogen functional groups attached to an aromatic ring is 1. The summed E-state index contributed by atoms with van der Waals surface area (Å²) in [5.41, 5.74) is 2.45. The van der Waals surface area contributed by atoms with Crippen LogP contribution in [0.5, 0.6) is 0 Å². The van der Waals surface area contributed by atoms with Gasteiger partial charge in [-0.25, -0.2) is 20.2 Å². The summed E-state index contributed by atoms with van der Waals surface area (Å²) < 4.78 is 13.5. The van der Waals surface area contributed by atoms with Gasteiger partial charge in [0.1, 0.15) is 22.5 Å². The number of nitrogens with two attached hydrogens (primary N) is 1. The van der Waals surface area contributed by atoms with Crippen molar-refractivity contribution in [2.45, 2.75) is 16.8 Å². The molecular weight excluding hydrogens is 239 g/mol. The average Bonchev–Trinajstić information content (AvgIpc) is 2.31. The molecule has 0 aliphatic carbocycles. The molecular formula is C11H11FN4S. The maximum Gasteiger partial charge on any atom is 0.144 e. The SMILES string of the molecule is Cc1nc(NN)cc(Sc2ccccc2F)n1. The number of anilines is 1. The third-order valence-electron chi connectivity index (χ3n) is 2.01. The van der Waals surface area contributed by atoms with E-state index < -0.39 is 0 Å². The van der Waals surface area contributed by atoms with Crippen molar-refractivity contribution in [3.63, 3.8) is 0 Å². The minimum absolute atomic E-state index is 0.268. The first-order valence-electron chi connectivity index (χ1n) is 4.94. The number of nitrogens with one attached hydrogen (secondary N) is 1. The van der Waals surface area contributed by atoms with E-state index in [4.69, 9.17) is 5.84 Å². The summed E-state index contributed by atoms with van der Waals surface area (Å²) in [4.78, 5) is 8.79. The van der Waals surface area contributed by atoms with E-state index in [1.807, 2.05) is 0 Å². The van der Waals surface area contributed by atoms with Crippen LogP contribution in [0.4, 0.5) is 10.2 Å². The van der Waals surface area contributed by atoms with E-state index in [0.29, 0.717) is 21.6 Å². The van der Waals surface area contributed by atoms with E-state index in [1.54, 1.807) is 31.2 Å². The lowest BCUT2D eigenvalue weighted by molar-refractivity contribution is 0.602. The van der Waals surface area contributed by atoms with E-state index in [0.717, 1.165) is 0 Å². The Morgan fingerprint density at radius 1 is 1.29 bits per heavy atom. The number of hydrogen-bond donors (Lipinski definition) is 2. The fraction of sp³-hybridized carbons (Fsp3) is 0.0909. The first kappa shape index (κ1) is 11.8. The second-order valence-electron chi connectivity index (χ2n) is 3.32. The summed E-state index contributed by atoms with van der Waals surface area (Å²) in [7, 11) is 0. The van der Waals surface area contributed by atoms with Gasteiger partial charge in [-0.3, -0.25) is 0 Å². The van der Waals surface area contributed by atoms with Gasteiger partial charge in [-0.05, 0) is 19.1 Å². The van der Waals surface area contributed by atoms with Crippen LogP contribution >= 0.6 is 11.8 Å². The van der Waals surface area contributed by atoms with Gasteiger partial charge in [-0.1, -0.05) is 23.9 Å². The highest BCUT2D eigenvalue weighted by atomic mass is 32.2. The first-order valence-corrected chi connectivity index (χ1v) is 5.75. The number of rotatable bonds is 3. The molecule has 0 atom stereocenters. The zero-order valence-corrected chi connectivity index (χ0v) is 9.96. The van der Waals surface area contributed by atoms with Crippen molar-refractivity contribution in [2.75, 3.05) is 5.43 Å². The van der Waals surface area contributed by atoms with Crippen LogP contribution in [0, 0.1) is 12.7 Å². The van der Waals surface area contributed by atoms with Gasteiger partial charge in [0, 0.05) is 11.0 Å². The molecule has 0 aliphatic rings. The zero-order chi connectivity index (χ0) is 12.3. The Morgan fingerprint density at radius 3 is 2.76 bits per heavy atom. The van der Waals surface area contributed by atoms with Crippen molar-refractivity contribution in [3.8, 4) is 0 Å². The highest BCUT2D eigenvalue weighted by molar-refractivity contribution is 7.99.